The molecule has 0 aromatic rings. The maximum atomic E-state index is 5.32. The van der Waals surface area contributed by atoms with E-state index in [1.165, 1.54) is 32.2 Å². The molecule has 2 atom stereocenters. The minimum absolute atomic E-state index is 0.415. The van der Waals surface area contributed by atoms with Gasteiger partial charge in [0.05, 0.1) is 25.9 Å². The average Bonchev–Trinajstić information content (AvgIpc) is 3.31. The van der Waals surface area contributed by atoms with Crippen molar-refractivity contribution < 1.29 is 14.2 Å². The van der Waals surface area contributed by atoms with Gasteiger partial charge < -0.3 is 14.2 Å². The molecule has 118 valence electrons. The summed E-state index contributed by atoms with van der Waals surface area (Å²) in [5.74, 6) is 0. The summed E-state index contributed by atoms with van der Waals surface area (Å²) in [4.78, 5) is 4.79. The van der Waals surface area contributed by atoms with Crippen LogP contribution in [-0.4, -0.2) is 82.3 Å². The van der Waals surface area contributed by atoms with Crippen LogP contribution in [0.5, 0.6) is 0 Å². The Kier molecular flexibility index (Phi) is 7.24. The van der Waals surface area contributed by atoms with Crippen molar-refractivity contribution in [3.8, 4) is 0 Å². The van der Waals surface area contributed by atoms with Crippen LogP contribution in [0.25, 0.3) is 0 Å². The van der Waals surface area contributed by atoms with E-state index in [1.54, 1.807) is 7.11 Å². The molecule has 2 aliphatic rings. The molecule has 0 bridgehead atoms. The number of epoxide rings is 2. The maximum Gasteiger partial charge on any atom is 0.134 e. The molecule has 5 nitrogen and oxygen atoms in total. The molecule has 2 saturated heterocycles. The van der Waals surface area contributed by atoms with Crippen LogP contribution in [-0.2, 0) is 14.2 Å². The van der Waals surface area contributed by atoms with Crippen molar-refractivity contribution in [3.05, 3.63) is 0 Å². The zero-order valence-corrected chi connectivity index (χ0v) is 13.1. The van der Waals surface area contributed by atoms with Gasteiger partial charge in [0.2, 0.25) is 0 Å². The van der Waals surface area contributed by atoms with Crippen LogP contribution in [0.4, 0.5) is 0 Å². The standard InChI is InChI=1S/C15H30N2O3/c1-16(15-13-20-15)7-5-3-4-6-8-17(9-10-18-2)11-14-12-19-14/h14-15H,3-13H2,1-2H3. The number of likely N-dealkylation sites (N-methyl/N-ethyl adjacent to an activating group) is 1. The molecule has 2 fully saturated rings. The SMILES string of the molecule is COCCN(CCCCCCN(C)C1CO1)CC1CO1. The van der Waals surface area contributed by atoms with Crippen LogP contribution in [0.1, 0.15) is 25.7 Å². The molecule has 0 amide bonds. The number of nitrogens with zero attached hydrogens (tertiary/aromatic N) is 2. The lowest BCUT2D eigenvalue weighted by atomic mass is 10.2. The smallest absolute Gasteiger partial charge is 0.134 e. The highest BCUT2D eigenvalue weighted by molar-refractivity contribution is 4.74. The van der Waals surface area contributed by atoms with Crippen molar-refractivity contribution in [2.24, 2.45) is 0 Å². The fraction of sp³-hybridized carbons (Fsp3) is 1.00. The van der Waals surface area contributed by atoms with Gasteiger partial charge in [-0.25, -0.2) is 0 Å². The molecule has 2 aliphatic heterocycles. The quantitative estimate of drug-likeness (QED) is 0.376. The number of rotatable bonds is 13. The van der Waals surface area contributed by atoms with Crippen molar-refractivity contribution in [1.82, 2.24) is 9.80 Å². The molecule has 0 radical (unpaired) electrons. The summed E-state index contributed by atoms with van der Waals surface area (Å²) in [5.41, 5.74) is 0. The third kappa shape index (κ3) is 6.99. The summed E-state index contributed by atoms with van der Waals surface area (Å²) in [5, 5.41) is 0. The van der Waals surface area contributed by atoms with E-state index in [0.29, 0.717) is 12.3 Å². The first kappa shape index (κ1) is 16.2. The highest BCUT2D eigenvalue weighted by atomic mass is 16.6. The van der Waals surface area contributed by atoms with E-state index >= 15 is 0 Å². The minimum Gasteiger partial charge on any atom is -0.383 e. The van der Waals surface area contributed by atoms with Gasteiger partial charge in [0.25, 0.3) is 0 Å². The molecule has 2 rings (SSSR count). The topological polar surface area (TPSA) is 40.8 Å². The van der Waals surface area contributed by atoms with E-state index in [-0.39, 0.29) is 0 Å². The van der Waals surface area contributed by atoms with Gasteiger partial charge >= 0.3 is 0 Å². The van der Waals surface area contributed by atoms with Gasteiger partial charge in [-0.1, -0.05) is 12.8 Å². The summed E-state index contributed by atoms with van der Waals surface area (Å²) in [7, 11) is 3.92. The molecule has 2 heterocycles. The van der Waals surface area contributed by atoms with Gasteiger partial charge in [0.15, 0.2) is 0 Å². The van der Waals surface area contributed by atoms with Crippen molar-refractivity contribution in [3.63, 3.8) is 0 Å². The highest BCUT2D eigenvalue weighted by Crippen LogP contribution is 2.14. The first-order valence-electron chi connectivity index (χ1n) is 7.94. The van der Waals surface area contributed by atoms with E-state index in [0.717, 1.165) is 39.5 Å². The molecule has 0 aromatic carbocycles. The molecule has 20 heavy (non-hydrogen) atoms. The maximum absolute atomic E-state index is 5.32. The third-order valence-electron chi connectivity index (χ3n) is 4.02. The zero-order chi connectivity index (χ0) is 14.2. The lowest BCUT2D eigenvalue weighted by Crippen LogP contribution is -2.32. The van der Waals surface area contributed by atoms with E-state index in [2.05, 4.69) is 16.8 Å². The fourth-order valence-electron chi connectivity index (χ4n) is 2.47. The second kappa shape index (κ2) is 8.95. The summed E-state index contributed by atoms with van der Waals surface area (Å²) in [6.45, 7) is 7.12. The molecule has 0 aliphatic carbocycles. The molecule has 0 saturated carbocycles. The number of hydrogen-bond donors (Lipinski definition) is 0. The van der Waals surface area contributed by atoms with Gasteiger partial charge in [-0.15, -0.1) is 0 Å². The molecule has 2 unspecified atom stereocenters. The van der Waals surface area contributed by atoms with Gasteiger partial charge in [0.1, 0.15) is 6.23 Å². The van der Waals surface area contributed by atoms with E-state index < -0.39 is 0 Å². The van der Waals surface area contributed by atoms with Crippen LogP contribution in [0, 0.1) is 0 Å². The monoisotopic (exact) mass is 286 g/mol. The first-order chi connectivity index (χ1) is 9.79. The summed E-state index contributed by atoms with van der Waals surface area (Å²) in [6, 6.07) is 0. The Labute approximate surface area is 123 Å². The average molecular weight is 286 g/mol. The van der Waals surface area contributed by atoms with Crippen molar-refractivity contribution in [1.29, 1.82) is 0 Å². The highest BCUT2D eigenvalue weighted by Gasteiger charge is 2.26. The molecule has 0 N–H and O–H groups in total. The predicted molar refractivity (Wildman–Crippen MR) is 78.9 cm³/mol. The number of unbranched alkanes of at least 4 members (excludes halogenated alkanes) is 3. The van der Waals surface area contributed by atoms with E-state index in [4.69, 9.17) is 14.2 Å². The Morgan fingerprint density at radius 3 is 2.30 bits per heavy atom. The van der Waals surface area contributed by atoms with Crippen molar-refractivity contribution in [2.45, 2.75) is 38.0 Å². The summed E-state index contributed by atoms with van der Waals surface area (Å²) in [6.07, 6.45) is 6.08. The second-order valence-corrected chi connectivity index (χ2v) is 5.93. The van der Waals surface area contributed by atoms with E-state index in [9.17, 15) is 0 Å². The predicted octanol–water partition coefficient (Wildman–Crippen LogP) is 1.18. The Bertz CT molecular complexity index is 258. The molecule has 0 aromatic heterocycles. The van der Waals surface area contributed by atoms with Crippen LogP contribution >= 0.6 is 0 Å². The van der Waals surface area contributed by atoms with Crippen LogP contribution in [0.3, 0.4) is 0 Å². The van der Waals surface area contributed by atoms with Crippen LogP contribution in [0.2, 0.25) is 0 Å². The van der Waals surface area contributed by atoms with Gasteiger partial charge in [-0.05, 0) is 26.4 Å². The molecular weight excluding hydrogens is 256 g/mol. The lowest BCUT2D eigenvalue weighted by Gasteiger charge is -2.21. The van der Waals surface area contributed by atoms with Gasteiger partial charge in [0, 0.05) is 26.7 Å². The number of ether oxygens (including phenoxy) is 3. The Morgan fingerprint density at radius 1 is 1.00 bits per heavy atom. The third-order valence-corrected chi connectivity index (χ3v) is 4.02. The van der Waals surface area contributed by atoms with Gasteiger partial charge in [-0.2, -0.15) is 0 Å². The lowest BCUT2D eigenvalue weighted by molar-refractivity contribution is 0.140. The number of hydrogen-bond acceptors (Lipinski definition) is 5. The second-order valence-electron chi connectivity index (χ2n) is 5.93. The molecular formula is C15H30N2O3. The summed E-state index contributed by atoms with van der Waals surface area (Å²) >= 11 is 0. The Balaban J connectivity index is 1.44. The molecule has 0 spiro atoms. The summed E-state index contributed by atoms with van der Waals surface area (Å²) < 4.78 is 15.7. The normalized spacial score (nSPS) is 24.6. The first-order valence-corrected chi connectivity index (χ1v) is 7.94. The Hall–Kier alpha value is -0.200. The van der Waals surface area contributed by atoms with Crippen molar-refractivity contribution in [2.75, 3.05) is 60.2 Å². The Morgan fingerprint density at radius 2 is 1.70 bits per heavy atom. The number of methoxy groups -OCH3 is 1. The largest absolute Gasteiger partial charge is 0.383 e. The van der Waals surface area contributed by atoms with Crippen LogP contribution < -0.4 is 0 Å². The minimum atomic E-state index is 0.415. The van der Waals surface area contributed by atoms with Crippen molar-refractivity contribution >= 4 is 0 Å². The van der Waals surface area contributed by atoms with Crippen LogP contribution in [0.15, 0.2) is 0 Å². The molecule has 5 heteroatoms. The van der Waals surface area contributed by atoms with Gasteiger partial charge in [-0.3, -0.25) is 9.80 Å². The van der Waals surface area contributed by atoms with E-state index in [1.807, 2.05) is 0 Å². The zero-order valence-electron chi connectivity index (χ0n) is 13.1. The fourth-order valence-corrected chi connectivity index (χ4v) is 2.47.